The fourth-order valence-corrected chi connectivity index (χ4v) is 3.36. The van der Waals surface area contributed by atoms with Crippen LogP contribution in [-0.2, 0) is 0 Å². The molecule has 2 aliphatic rings. The molecule has 2 atom stereocenters. The van der Waals surface area contributed by atoms with Crippen LogP contribution >= 0.6 is 0 Å². The van der Waals surface area contributed by atoms with E-state index in [4.69, 9.17) is 0 Å². The Morgan fingerprint density at radius 1 is 0.931 bits per heavy atom. The third-order valence-electron chi connectivity index (χ3n) is 5.35. The van der Waals surface area contributed by atoms with Gasteiger partial charge in [0, 0.05) is 45.8 Å². The fraction of sp³-hybridized carbons (Fsp3) is 0.360. The second kappa shape index (κ2) is 9.55. The summed E-state index contributed by atoms with van der Waals surface area (Å²) in [7, 11) is 8.30. The van der Waals surface area contributed by atoms with Gasteiger partial charge in [-0.1, -0.05) is 43.4 Å². The van der Waals surface area contributed by atoms with Crippen molar-refractivity contribution in [2.24, 2.45) is 15.9 Å². The summed E-state index contributed by atoms with van der Waals surface area (Å²) in [6.45, 7) is 2.97. The van der Waals surface area contributed by atoms with E-state index in [0.29, 0.717) is 12.5 Å². The highest BCUT2D eigenvalue weighted by Crippen LogP contribution is 2.26. The molecular weight excluding hydrogens is 356 g/mol. The minimum Gasteiger partial charge on any atom is -0.381 e. The zero-order valence-corrected chi connectivity index (χ0v) is 18.2. The van der Waals surface area contributed by atoms with Crippen LogP contribution in [0.5, 0.6) is 0 Å². The molecule has 3 rings (SSSR count). The summed E-state index contributed by atoms with van der Waals surface area (Å²) in [6, 6.07) is 8.63. The van der Waals surface area contributed by atoms with E-state index in [1.807, 2.05) is 6.21 Å². The molecule has 0 amide bonds. The number of rotatable bonds is 6. The lowest BCUT2D eigenvalue weighted by Gasteiger charge is -2.24. The molecule has 0 saturated carbocycles. The van der Waals surface area contributed by atoms with Crippen molar-refractivity contribution in [1.29, 1.82) is 0 Å². The highest BCUT2D eigenvalue weighted by molar-refractivity contribution is 6.36. The minimum absolute atomic E-state index is 0.110. The van der Waals surface area contributed by atoms with Crippen molar-refractivity contribution >= 4 is 23.7 Å². The third kappa shape index (κ3) is 5.80. The second-order valence-corrected chi connectivity index (χ2v) is 8.11. The van der Waals surface area contributed by atoms with E-state index < -0.39 is 0 Å². The molecular formula is C25H32N4. The average molecular weight is 389 g/mol. The van der Waals surface area contributed by atoms with E-state index in [1.54, 1.807) is 0 Å². The number of hydrogen-bond donors (Lipinski definition) is 0. The Hall–Kier alpha value is -2.88. The monoisotopic (exact) mass is 388 g/mol. The van der Waals surface area contributed by atoms with Crippen LogP contribution in [0.2, 0.25) is 0 Å². The molecule has 2 unspecified atom stereocenters. The topological polar surface area (TPSA) is 31.2 Å². The van der Waals surface area contributed by atoms with Gasteiger partial charge in [-0.05, 0) is 47.8 Å². The maximum Gasteiger partial charge on any atom is 0.0879 e. The van der Waals surface area contributed by atoms with Gasteiger partial charge in [0.25, 0.3) is 0 Å². The van der Waals surface area contributed by atoms with Crippen molar-refractivity contribution in [2.45, 2.75) is 19.4 Å². The molecule has 0 N–H and O–H groups in total. The van der Waals surface area contributed by atoms with E-state index in [9.17, 15) is 0 Å². The van der Waals surface area contributed by atoms with Crippen LogP contribution < -0.4 is 4.90 Å². The Balaban J connectivity index is 1.56. The van der Waals surface area contributed by atoms with Gasteiger partial charge in [0.1, 0.15) is 0 Å². The first-order valence-electron chi connectivity index (χ1n) is 10.2. The van der Waals surface area contributed by atoms with Gasteiger partial charge >= 0.3 is 0 Å². The molecule has 1 aliphatic heterocycles. The van der Waals surface area contributed by atoms with E-state index in [0.717, 1.165) is 12.1 Å². The Morgan fingerprint density at radius 3 is 2.28 bits per heavy atom. The van der Waals surface area contributed by atoms with Crippen LogP contribution in [-0.4, -0.2) is 57.6 Å². The second-order valence-electron chi connectivity index (χ2n) is 8.11. The molecule has 4 nitrogen and oxygen atoms in total. The standard InChI is InChI=1S/C25H32N4/c1-19-16-25(29(4)5)15-10-21(19)9-12-23-18-26-22(17-27-23)11-6-20-7-13-24(14-8-20)28(2)3/h6-15,18-19,22H,16-17H2,1-5H3. The van der Waals surface area contributed by atoms with Crippen LogP contribution in [0.15, 0.2) is 75.9 Å². The molecule has 29 heavy (non-hydrogen) atoms. The van der Waals surface area contributed by atoms with E-state index in [2.05, 4.69) is 116 Å². The van der Waals surface area contributed by atoms with Gasteiger partial charge in [0.05, 0.1) is 18.3 Å². The quantitative estimate of drug-likeness (QED) is 0.712. The fourth-order valence-electron chi connectivity index (χ4n) is 3.36. The van der Waals surface area contributed by atoms with Crippen molar-refractivity contribution in [2.75, 3.05) is 39.6 Å². The largest absolute Gasteiger partial charge is 0.381 e. The van der Waals surface area contributed by atoms with Crippen LogP contribution in [0.1, 0.15) is 18.9 Å². The summed E-state index contributed by atoms with van der Waals surface area (Å²) in [5, 5.41) is 0. The number of aliphatic imine (C=N–C) groups is 2. The lowest BCUT2D eigenvalue weighted by Crippen LogP contribution is -2.17. The summed E-state index contributed by atoms with van der Waals surface area (Å²) < 4.78 is 0. The highest BCUT2D eigenvalue weighted by Gasteiger charge is 2.14. The minimum atomic E-state index is 0.110. The summed E-state index contributed by atoms with van der Waals surface area (Å²) >= 11 is 0. The predicted octanol–water partition coefficient (Wildman–Crippen LogP) is 4.63. The van der Waals surface area contributed by atoms with Crippen LogP contribution in [0.3, 0.4) is 0 Å². The van der Waals surface area contributed by atoms with Gasteiger partial charge in [0.2, 0.25) is 0 Å². The number of anilines is 1. The Bertz CT molecular complexity index is 880. The summed E-state index contributed by atoms with van der Waals surface area (Å²) in [6.07, 6.45) is 15.9. The van der Waals surface area contributed by atoms with Gasteiger partial charge in [-0.15, -0.1) is 0 Å². The summed E-state index contributed by atoms with van der Waals surface area (Å²) in [5.41, 5.74) is 6.05. The van der Waals surface area contributed by atoms with Crippen molar-refractivity contribution in [1.82, 2.24) is 4.90 Å². The molecule has 1 heterocycles. The maximum atomic E-state index is 4.68. The lowest BCUT2D eigenvalue weighted by atomic mass is 9.90. The van der Waals surface area contributed by atoms with E-state index in [-0.39, 0.29) is 6.04 Å². The first-order valence-corrected chi connectivity index (χ1v) is 10.2. The first-order chi connectivity index (χ1) is 13.9. The van der Waals surface area contributed by atoms with Crippen molar-refractivity contribution < 1.29 is 0 Å². The van der Waals surface area contributed by atoms with Crippen molar-refractivity contribution in [3.63, 3.8) is 0 Å². The number of allylic oxidation sites excluding steroid dienone is 6. The smallest absolute Gasteiger partial charge is 0.0879 e. The van der Waals surface area contributed by atoms with Crippen LogP contribution in [0.25, 0.3) is 6.08 Å². The van der Waals surface area contributed by atoms with Crippen LogP contribution in [0, 0.1) is 5.92 Å². The van der Waals surface area contributed by atoms with E-state index >= 15 is 0 Å². The van der Waals surface area contributed by atoms with Gasteiger partial charge in [-0.2, -0.15) is 0 Å². The van der Waals surface area contributed by atoms with Gasteiger partial charge in [-0.25, -0.2) is 0 Å². The Morgan fingerprint density at radius 2 is 1.69 bits per heavy atom. The van der Waals surface area contributed by atoms with Gasteiger partial charge in [0.15, 0.2) is 0 Å². The van der Waals surface area contributed by atoms with Crippen LogP contribution in [0.4, 0.5) is 5.69 Å². The molecule has 0 radical (unpaired) electrons. The number of nitrogens with zero attached hydrogens (tertiary/aromatic N) is 4. The molecule has 4 heteroatoms. The van der Waals surface area contributed by atoms with Crippen molar-refractivity contribution in [3.8, 4) is 0 Å². The SMILES string of the molecule is CC1CC(N(C)C)=CC=C1C=CC1=NCC(C=Cc2ccc(N(C)C)cc2)N=C1. The molecule has 0 aromatic heterocycles. The normalized spacial score (nSPS) is 21.9. The third-order valence-corrected chi connectivity index (χ3v) is 5.35. The van der Waals surface area contributed by atoms with Gasteiger partial charge in [-0.3, -0.25) is 9.98 Å². The maximum absolute atomic E-state index is 4.68. The van der Waals surface area contributed by atoms with E-state index in [1.165, 1.54) is 22.5 Å². The first kappa shape index (κ1) is 20.8. The summed E-state index contributed by atoms with van der Waals surface area (Å²) in [5.74, 6) is 0.518. The molecule has 1 aromatic carbocycles. The molecule has 1 aliphatic carbocycles. The molecule has 152 valence electrons. The molecule has 0 fully saturated rings. The molecule has 0 bridgehead atoms. The number of benzene rings is 1. The van der Waals surface area contributed by atoms with Gasteiger partial charge < -0.3 is 9.80 Å². The van der Waals surface area contributed by atoms with Crippen molar-refractivity contribution in [3.05, 3.63) is 71.5 Å². The Labute approximate surface area is 175 Å². The molecule has 0 spiro atoms. The number of hydrogen-bond acceptors (Lipinski definition) is 4. The highest BCUT2D eigenvalue weighted by atomic mass is 15.1. The average Bonchev–Trinajstić information content (AvgIpc) is 2.72. The molecule has 0 saturated heterocycles. The lowest BCUT2D eigenvalue weighted by molar-refractivity contribution is 0.457. The zero-order chi connectivity index (χ0) is 20.8. The zero-order valence-electron chi connectivity index (χ0n) is 18.2. The summed E-state index contributed by atoms with van der Waals surface area (Å²) in [4.78, 5) is 13.6. The predicted molar refractivity (Wildman–Crippen MR) is 127 cm³/mol. The molecule has 1 aromatic rings. The Kier molecular flexibility index (Phi) is 6.86.